The highest BCUT2D eigenvalue weighted by Gasteiger charge is 2.15. The van der Waals surface area contributed by atoms with Gasteiger partial charge in [0.2, 0.25) is 0 Å². The molecule has 0 aliphatic rings. The van der Waals surface area contributed by atoms with Crippen molar-refractivity contribution in [3.63, 3.8) is 0 Å². The summed E-state index contributed by atoms with van der Waals surface area (Å²) in [7, 11) is 0. The van der Waals surface area contributed by atoms with E-state index in [1.807, 2.05) is 0 Å². The maximum Gasteiger partial charge on any atom is 0.313 e. The van der Waals surface area contributed by atoms with Crippen molar-refractivity contribution in [2.45, 2.75) is 6.92 Å². The molecule has 0 aromatic heterocycles. The third kappa shape index (κ3) is 3.91. The van der Waals surface area contributed by atoms with E-state index >= 15 is 0 Å². The molecule has 0 aliphatic heterocycles. The monoisotopic (exact) mass is 263 g/mol. The molecule has 0 fully saturated rings. The normalized spacial score (nSPS) is 9.53. The Kier molecular flexibility index (Phi) is 4.76. The molecule has 0 spiro atoms. The predicted molar refractivity (Wildman–Crippen MR) is 69.7 cm³/mol. The van der Waals surface area contributed by atoms with Crippen molar-refractivity contribution in [2.24, 2.45) is 0 Å². The second-order valence-electron chi connectivity index (χ2n) is 3.71. The van der Waals surface area contributed by atoms with Gasteiger partial charge in [0, 0.05) is 18.7 Å². The Morgan fingerprint density at radius 3 is 2.68 bits per heavy atom. The van der Waals surface area contributed by atoms with Crippen LogP contribution in [0.15, 0.2) is 30.9 Å². The van der Waals surface area contributed by atoms with Crippen molar-refractivity contribution >= 4 is 23.2 Å². The van der Waals surface area contributed by atoms with Crippen molar-refractivity contribution in [1.29, 1.82) is 0 Å². The molecule has 0 aliphatic carbocycles. The van der Waals surface area contributed by atoms with Gasteiger partial charge in [-0.3, -0.25) is 19.7 Å². The number of nitrogens with zero attached hydrogens (tertiary/aromatic N) is 1. The number of carbonyl (C=O) groups excluding carboxylic acids is 2. The standard InChI is InChI=1S/C12H13N3O4/c1-3-6-13-11(16)12(17)14-10-7-9(15(18)19)5-4-8(10)2/h3-5,7H,1,6H2,2H3,(H,13,16)(H,14,17). The number of hydrogen-bond acceptors (Lipinski definition) is 4. The number of rotatable bonds is 4. The van der Waals surface area contributed by atoms with Gasteiger partial charge < -0.3 is 10.6 Å². The van der Waals surface area contributed by atoms with E-state index < -0.39 is 16.7 Å². The van der Waals surface area contributed by atoms with Gasteiger partial charge in [-0.2, -0.15) is 0 Å². The van der Waals surface area contributed by atoms with Gasteiger partial charge in [-0.1, -0.05) is 12.1 Å². The summed E-state index contributed by atoms with van der Waals surface area (Å²) in [4.78, 5) is 32.9. The first kappa shape index (κ1) is 14.4. The fourth-order valence-electron chi connectivity index (χ4n) is 1.28. The van der Waals surface area contributed by atoms with Crippen LogP contribution in [-0.2, 0) is 9.59 Å². The summed E-state index contributed by atoms with van der Waals surface area (Å²) in [5.74, 6) is -1.71. The lowest BCUT2D eigenvalue weighted by Crippen LogP contribution is -2.35. The number of non-ortho nitro benzene ring substituents is 1. The quantitative estimate of drug-likeness (QED) is 0.368. The molecular weight excluding hydrogens is 250 g/mol. The van der Waals surface area contributed by atoms with Crippen molar-refractivity contribution in [2.75, 3.05) is 11.9 Å². The van der Waals surface area contributed by atoms with Crippen LogP contribution < -0.4 is 10.6 Å². The lowest BCUT2D eigenvalue weighted by Gasteiger charge is -2.07. The minimum atomic E-state index is -0.884. The van der Waals surface area contributed by atoms with Gasteiger partial charge in [0.1, 0.15) is 0 Å². The Balaban J connectivity index is 2.84. The first-order valence-corrected chi connectivity index (χ1v) is 5.41. The minimum absolute atomic E-state index is 0.160. The highest BCUT2D eigenvalue weighted by Crippen LogP contribution is 2.21. The molecule has 0 radical (unpaired) electrons. The second kappa shape index (κ2) is 6.29. The van der Waals surface area contributed by atoms with Gasteiger partial charge in [-0.05, 0) is 12.5 Å². The molecule has 0 bridgehead atoms. The highest BCUT2D eigenvalue weighted by atomic mass is 16.6. The van der Waals surface area contributed by atoms with Gasteiger partial charge >= 0.3 is 11.8 Å². The molecule has 0 heterocycles. The molecular formula is C12H13N3O4. The molecule has 19 heavy (non-hydrogen) atoms. The van der Waals surface area contributed by atoms with Gasteiger partial charge in [0.25, 0.3) is 5.69 Å². The number of hydrogen-bond donors (Lipinski definition) is 2. The summed E-state index contributed by atoms with van der Waals surface area (Å²) < 4.78 is 0. The number of aryl methyl sites for hydroxylation is 1. The van der Waals surface area contributed by atoms with Crippen LogP contribution in [0.2, 0.25) is 0 Å². The van der Waals surface area contributed by atoms with Crippen LogP contribution >= 0.6 is 0 Å². The number of nitro groups is 1. The van der Waals surface area contributed by atoms with Crippen LogP contribution in [0.1, 0.15) is 5.56 Å². The lowest BCUT2D eigenvalue weighted by molar-refractivity contribution is -0.384. The van der Waals surface area contributed by atoms with Crippen LogP contribution in [0.3, 0.4) is 0 Å². The van der Waals surface area contributed by atoms with E-state index in [0.717, 1.165) is 0 Å². The van der Waals surface area contributed by atoms with Crippen LogP contribution in [0, 0.1) is 17.0 Å². The summed E-state index contributed by atoms with van der Waals surface area (Å²) in [5.41, 5.74) is 0.691. The summed E-state index contributed by atoms with van der Waals surface area (Å²) >= 11 is 0. The first-order valence-electron chi connectivity index (χ1n) is 5.41. The minimum Gasteiger partial charge on any atom is -0.344 e. The predicted octanol–water partition coefficient (Wildman–Crippen LogP) is 1.14. The number of amides is 2. The van der Waals surface area contributed by atoms with Gasteiger partial charge in [-0.15, -0.1) is 6.58 Å². The van der Waals surface area contributed by atoms with E-state index in [-0.39, 0.29) is 17.9 Å². The molecule has 0 saturated heterocycles. The Labute approximate surface area is 109 Å². The fraction of sp³-hybridized carbons (Fsp3) is 0.167. The van der Waals surface area contributed by atoms with Crippen LogP contribution in [0.5, 0.6) is 0 Å². The number of anilines is 1. The zero-order chi connectivity index (χ0) is 14.4. The number of nitrogens with one attached hydrogen (secondary N) is 2. The highest BCUT2D eigenvalue weighted by molar-refractivity contribution is 6.39. The van der Waals surface area contributed by atoms with E-state index in [0.29, 0.717) is 5.56 Å². The fourth-order valence-corrected chi connectivity index (χ4v) is 1.28. The van der Waals surface area contributed by atoms with Crippen LogP contribution in [0.4, 0.5) is 11.4 Å². The average Bonchev–Trinajstić information content (AvgIpc) is 2.38. The average molecular weight is 263 g/mol. The van der Waals surface area contributed by atoms with Crippen molar-refractivity contribution in [1.82, 2.24) is 5.32 Å². The molecule has 1 aromatic rings. The Morgan fingerprint density at radius 2 is 2.11 bits per heavy atom. The molecule has 1 rings (SSSR count). The molecule has 0 atom stereocenters. The van der Waals surface area contributed by atoms with Crippen molar-refractivity contribution in [3.05, 3.63) is 46.5 Å². The van der Waals surface area contributed by atoms with Gasteiger partial charge in [-0.25, -0.2) is 0 Å². The van der Waals surface area contributed by atoms with E-state index in [1.165, 1.54) is 24.3 Å². The second-order valence-corrected chi connectivity index (χ2v) is 3.71. The molecule has 7 heteroatoms. The lowest BCUT2D eigenvalue weighted by atomic mass is 10.2. The molecule has 0 unspecified atom stereocenters. The summed E-state index contributed by atoms with van der Waals surface area (Å²) in [6.45, 7) is 5.23. The van der Waals surface area contributed by atoms with Crippen molar-refractivity contribution < 1.29 is 14.5 Å². The zero-order valence-electron chi connectivity index (χ0n) is 10.3. The molecule has 2 amide bonds. The topological polar surface area (TPSA) is 101 Å². The van der Waals surface area contributed by atoms with E-state index in [1.54, 1.807) is 6.92 Å². The number of benzene rings is 1. The zero-order valence-corrected chi connectivity index (χ0v) is 10.3. The van der Waals surface area contributed by atoms with Crippen LogP contribution in [0.25, 0.3) is 0 Å². The molecule has 100 valence electrons. The first-order chi connectivity index (χ1) is 8.95. The summed E-state index contributed by atoms with van der Waals surface area (Å²) in [6, 6.07) is 4.02. The third-order valence-corrected chi connectivity index (χ3v) is 2.29. The maximum atomic E-state index is 11.5. The molecule has 1 aromatic carbocycles. The molecule has 2 N–H and O–H groups in total. The SMILES string of the molecule is C=CCNC(=O)C(=O)Nc1cc([N+](=O)[O-])ccc1C. The Morgan fingerprint density at radius 1 is 1.42 bits per heavy atom. The number of carbonyl (C=O) groups is 2. The van der Waals surface area contributed by atoms with Gasteiger partial charge in [0.05, 0.1) is 10.6 Å². The summed E-state index contributed by atoms with van der Waals surface area (Å²) in [6.07, 6.45) is 1.43. The largest absolute Gasteiger partial charge is 0.344 e. The maximum absolute atomic E-state index is 11.5. The van der Waals surface area contributed by atoms with E-state index in [2.05, 4.69) is 17.2 Å². The van der Waals surface area contributed by atoms with E-state index in [4.69, 9.17) is 0 Å². The van der Waals surface area contributed by atoms with Crippen LogP contribution in [-0.4, -0.2) is 23.3 Å². The van der Waals surface area contributed by atoms with Crippen molar-refractivity contribution in [3.8, 4) is 0 Å². The number of nitro benzene ring substituents is 1. The Hall–Kier alpha value is -2.70. The smallest absolute Gasteiger partial charge is 0.313 e. The molecule has 0 saturated carbocycles. The van der Waals surface area contributed by atoms with E-state index in [9.17, 15) is 19.7 Å². The van der Waals surface area contributed by atoms with Gasteiger partial charge in [0.15, 0.2) is 0 Å². The third-order valence-electron chi connectivity index (χ3n) is 2.29. The summed E-state index contributed by atoms with van der Waals surface area (Å²) in [5, 5.41) is 15.3. The Bertz CT molecular complexity index is 540. The molecule has 7 nitrogen and oxygen atoms in total.